The third kappa shape index (κ3) is 6.24. The first-order chi connectivity index (χ1) is 12.5. The van der Waals surface area contributed by atoms with Gasteiger partial charge in [-0.1, -0.05) is 0 Å². The molecule has 156 valence electrons. The van der Waals surface area contributed by atoms with Gasteiger partial charge in [-0.2, -0.15) is 0 Å². The van der Waals surface area contributed by atoms with E-state index < -0.39 is 30.1 Å². The molecule has 0 radical (unpaired) electrons. The van der Waals surface area contributed by atoms with E-state index in [9.17, 15) is 0 Å². The molecule has 0 N–H and O–H groups in total. The van der Waals surface area contributed by atoms with Crippen LogP contribution in [0.4, 0.5) is 0 Å². The monoisotopic (exact) mass is 586 g/mol. The number of rotatable bonds is 14. The third-order valence-electron chi connectivity index (χ3n) is 6.52. The van der Waals surface area contributed by atoms with Gasteiger partial charge in [0.05, 0.1) is 0 Å². The number of hydrogen-bond donors (Lipinski definition) is 0. The van der Waals surface area contributed by atoms with Gasteiger partial charge < -0.3 is 0 Å². The van der Waals surface area contributed by atoms with Crippen molar-refractivity contribution in [1.82, 2.24) is 0 Å². The second kappa shape index (κ2) is 12.9. The predicted molar refractivity (Wildman–Crippen MR) is 117 cm³/mol. The van der Waals surface area contributed by atoms with Crippen LogP contribution in [0.2, 0.25) is 13.3 Å². The molecule has 1 fully saturated rings. The summed E-state index contributed by atoms with van der Waals surface area (Å²) < 4.78 is 24.2. The maximum absolute atomic E-state index is 7.52. The van der Waals surface area contributed by atoms with Gasteiger partial charge in [0.15, 0.2) is 0 Å². The molecule has 0 amide bonds. The van der Waals surface area contributed by atoms with Crippen LogP contribution in [0.15, 0.2) is 0 Å². The van der Waals surface area contributed by atoms with Crippen LogP contribution in [0, 0.1) is 0 Å². The molecule has 1 aliphatic rings. The standard InChI is InChI=1S/C11H22O.2C4H9.2CH3O.2Sn/c1-4-7-9-11(12,6-3)10-8-5-2;2*1-3-4-2;2*1-2;;/h3-10H2,1-2H3;2*1,3-4H2,2H3;2*1H3;;/q-1;;;2*-1;+1;+2. The molecule has 1 aliphatic heterocycles. The van der Waals surface area contributed by atoms with Gasteiger partial charge in [-0.15, -0.1) is 0 Å². The summed E-state index contributed by atoms with van der Waals surface area (Å²) in [7, 11) is 3.91. The van der Waals surface area contributed by atoms with Gasteiger partial charge >= 0.3 is 171 Å². The minimum absolute atomic E-state index is 0.154. The summed E-state index contributed by atoms with van der Waals surface area (Å²) in [5, 5.41) is 0. The van der Waals surface area contributed by atoms with E-state index in [1.807, 2.05) is 14.2 Å². The normalized spacial score (nSPS) is 21.0. The van der Waals surface area contributed by atoms with E-state index in [4.69, 9.17) is 9.22 Å². The van der Waals surface area contributed by atoms with Gasteiger partial charge in [0, 0.05) is 0 Å². The van der Waals surface area contributed by atoms with Crippen LogP contribution in [-0.4, -0.2) is 49.9 Å². The molecule has 0 aliphatic carbocycles. The predicted octanol–water partition coefficient (Wildman–Crippen LogP) is 6.89. The molecular formula is C21H46O3Sn2. The maximum atomic E-state index is 7.52. The van der Waals surface area contributed by atoms with E-state index in [0.717, 1.165) is 0 Å². The average molecular weight is 584 g/mol. The van der Waals surface area contributed by atoms with Crippen LogP contribution < -0.4 is 0 Å². The van der Waals surface area contributed by atoms with Gasteiger partial charge in [-0.3, -0.25) is 0 Å². The summed E-state index contributed by atoms with van der Waals surface area (Å²) in [6, 6.07) is 0. The van der Waals surface area contributed by atoms with Crippen LogP contribution in [-0.2, 0) is 9.22 Å². The SMILES string of the molecule is CCCCC1(CCCC)C[CH2][Sn]([O]C)([O]C)[Sn]([CH2]CCC)([CH2]CCC)[O]1. The summed E-state index contributed by atoms with van der Waals surface area (Å²) in [5.74, 6) is 0. The van der Waals surface area contributed by atoms with Crippen LogP contribution in [0.5, 0.6) is 0 Å². The van der Waals surface area contributed by atoms with Gasteiger partial charge in [-0.25, -0.2) is 0 Å². The number of unbranched alkanes of at least 4 members (excludes halogenated alkanes) is 4. The van der Waals surface area contributed by atoms with Crippen LogP contribution in [0.25, 0.3) is 0 Å². The molecule has 0 aromatic heterocycles. The minimum atomic E-state index is -3.07. The molecule has 26 heavy (non-hydrogen) atoms. The quantitative estimate of drug-likeness (QED) is 0.209. The van der Waals surface area contributed by atoms with E-state index >= 15 is 0 Å². The first-order valence-corrected chi connectivity index (χ1v) is 31.9. The first-order valence-electron chi connectivity index (χ1n) is 11.3. The Kier molecular flexibility index (Phi) is 12.7. The van der Waals surface area contributed by atoms with Crippen LogP contribution >= 0.6 is 0 Å². The van der Waals surface area contributed by atoms with Gasteiger partial charge in [0.1, 0.15) is 0 Å². The number of hydrogen-bond acceptors (Lipinski definition) is 3. The van der Waals surface area contributed by atoms with Crippen molar-refractivity contribution in [2.45, 2.75) is 117 Å². The van der Waals surface area contributed by atoms with Crippen molar-refractivity contribution in [1.29, 1.82) is 0 Å². The fourth-order valence-corrected chi connectivity index (χ4v) is 78.4. The molecule has 0 atom stereocenters. The van der Waals surface area contributed by atoms with Crippen molar-refractivity contribution < 1.29 is 9.22 Å². The molecule has 0 aromatic rings. The molecule has 5 heteroatoms. The molecule has 0 aromatic carbocycles. The summed E-state index contributed by atoms with van der Waals surface area (Å²) in [6.45, 7) is 9.27. The zero-order valence-electron chi connectivity index (χ0n) is 18.6. The zero-order chi connectivity index (χ0) is 19.5. The van der Waals surface area contributed by atoms with E-state index in [1.165, 1.54) is 83.9 Å². The van der Waals surface area contributed by atoms with Crippen molar-refractivity contribution in [3.8, 4) is 0 Å². The second-order valence-corrected chi connectivity index (χ2v) is 57.6. The Hall–Kier alpha value is 1.48. The van der Waals surface area contributed by atoms with E-state index in [0.29, 0.717) is 0 Å². The van der Waals surface area contributed by atoms with Crippen LogP contribution in [0.3, 0.4) is 0 Å². The molecule has 3 nitrogen and oxygen atoms in total. The third-order valence-corrected chi connectivity index (χ3v) is 76.5. The molecule has 1 saturated heterocycles. The Morgan fingerprint density at radius 1 is 0.769 bits per heavy atom. The van der Waals surface area contributed by atoms with Crippen molar-refractivity contribution in [3.63, 3.8) is 0 Å². The Bertz CT molecular complexity index is 356. The molecule has 0 unspecified atom stereocenters. The average Bonchev–Trinajstić information content (AvgIpc) is 2.68. The first kappa shape index (κ1) is 25.5. The molecule has 1 rings (SSSR count). The fourth-order valence-electron chi connectivity index (χ4n) is 4.83. The van der Waals surface area contributed by atoms with E-state index in [2.05, 4.69) is 27.7 Å². The van der Waals surface area contributed by atoms with Crippen molar-refractivity contribution in [2.24, 2.45) is 0 Å². The molecule has 0 bridgehead atoms. The summed E-state index contributed by atoms with van der Waals surface area (Å²) in [6.07, 6.45) is 14.0. The fraction of sp³-hybridized carbons (Fsp3) is 1.00. The second-order valence-electron chi connectivity index (χ2n) is 8.35. The Labute approximate surface area is 169 Å². The summed E-state index contributed by atoms with van der Waals surface area (Å²) >= 11 is -6.00. The molecule has 0 saturated carbocycles. The van der Waals surface area contributed by atoms with E-state index in [-0.39, 0.29) is 5.60 Å². The van der Waals surface area contributed by atoms with Crippen molar-refractivity contribution in [2.75, 3.05) is 14.2 Å². The Balaban J connectivity index is 3.24. The van der Waals surface area contributed by atoms with Crippen LogP contribution in [0.1, 0.15) is 98.3 Å². The molecule has 1 heterocycles. The molecular weight excluding hydrogens is 538 g/mol. The summed E-state index contributed by atoms with van der Waals surface area (Å²) in [5.41, 5.74) is 0.154. The molecule has 0 spiro atoms. The Morgan fingerprint density at radius 3 is 1.62 bits per heavy atom. The van der Waals surface area contributed by atoms with Gasteiger partial charge in [-0.05, 0) is 0 Å². The van der Waals surface area contributed by atoms with Gasteiger partial charge in [0.25, 0.3) is 0 Å². The van der Waals surface area contributed by atoms with Gasteiger partial charge in [0.2, 0.25) is 0 Å². The van der Waals surface area contributed by atoms with Crippen molar-refractivity contribution in [3.05, 3.63) is 0 Å². The van der Waals surface area contributed by atoms with E-state index in [1.54, 1.807) is 0 Å². The topological polar surface area (TPSA) is 27.7 Å². The zero-order valence-corrected chi connectivity index (χ0v) is 24.3. The van der Waals surface area contributed by atoms with Crippen molar-refractivity contribution >= 4 is 30.1 Å². The Morgan fingerprint density at radius 2 is 1.23 bits per heavy atom. The summed E-state index contributed by atoms with van der Waals surface area (Å²) in [4.78, 5) is 0.